The van der Waals surface area contributed by atoms with Gasteiger partial charge in [-0.2, -0.15) is 0 Å². The summed E-state index contributed by atoms with van der Waals surface area (Å²) < 4.78 is 0. The van der Waals surface area contributed by atoms with E-state index in [0.29, 0.717) is 13.0 Å². The first-order chi connectivity index (χ1) is 8.71. The zero-order valence-corrected chi connectivity index (χ0v) is 11.9. The number of aliphatic hydroxyl groups excluding tert-OH is 1. The zero-order valence-electron chi connectivity index (χ0n) is 11.9. The fourth-order valence-corrected chi connectivity index (χ4v) is 2.17. The summed E-state index contributed by atoms with van der Waals surface area (Å²) in [6.07, 6.45) is 0.362. The summed E-state index contributed by atoms with van der Waals surface area (Å²) in [6, 6.07) is 4.78. The number of non-ortho nitro benzene ring substituents is 1. The Hall–Kier alpha value is -1.62. The summed E-state index contributed by atoms with van der Waals surface area (Å²) in [4.78, 5) is 10.3. The van der Waals surface area contributed by atoms with Crippen LogP contribution in [0.2, 0.25) is 0 Å². The van der Waals surface area contributed by atoms with Crippen molar-refractivity contribution in [2.24, 2.45) is 5.41 Å². The van der Waals surface area contributed by atoms with E-state index >= 15 is 0 Å². The number of rotatable bonds is 6. The molecule has 0 fully saturated rings. The lowest BCUT2D eigenvalue weighted by atomic mass is 9.87. The molecule has 0 saturated heterocycles. The number of nitro benzene ring substituents is 1. The van der Waals surface area contributed by atoms with Crippen molar-refractivity contribution in [3.05, 3.63) is 33.9 Å². The lowest BCUT2D eigenvalue weighted by Crippen LogP contribution is -2.27. The van der Waals surface area contributed by atoms with Crippen molar-refractivity contribution in [1.82, 2.24) is 0 Å². The average molecular weight is 266 g/mol. The molecule has 0 saturated carbocycles. The number of benzene rings is 1. The van der Waals surface area contributed by atoms with E-state index in [9.17, 15) is 15.2 Å². The maximum absolute atomic E-state index is 10.7. The van der Waals surface area contributed by atoms with Gasteiger partial charge in [-0.15, -0.1) is 0 Å². The summed E-state index contributed by atoms with van der Waals surface area (Å²) in [5, 5.41) is 23.4. The summed E-state index contributed by atoms with van der Waals surface area (Å²) in [5.41, 5.74) is 1.81. The topological polar surface area (TPSA) is 75.4 Å². The van der Waals surface area contributed by atoms with Gasteiger partial charge in [0.05, 0.1) is 11.0 Å². The van der Waals surface area contributed by atoms with Gasteiger partial charge in [0.2, 0.25) is 0 Å². The third kappa shape index (κ3) is 4.87. The molecule has 1 atom stereocenters. The fourth-order valence-electron chi connectivity index (χ4n) is 2.17. The van der Waals surface area contributed by atoms with Gasteiger partial charge in [-0.05, 0) is 37.3 Å². The van der Waals surface area contributed by atoms with Gasteiger partial charge in [-0.1, -0.05) is 13.8 Å². The van der Waals surface area contributed by atoms with Gasteiger partial charge in [0.25, 0.3) is 5.69 Å². The number of aliphatic hydroxyl groups is 1. The number of aryl methyl sites for hydroxylation is 1. The molecule has 0 aliphatic carbocycles. The molecule has 0 heterocycles. The summed E-state index contributed by atoms with van der Waals surface area (Å²) in [6.45, 7) is 8.48. The maximum Gasteiger partial charge on any atom is 0.269 e. The summed E-state index contributed by atoms with van der Waals surface area (Å²) in [7, 11) is 0. The van der Waals surface area contributed by atoms with Gasteiger partial charge >= 0.3 is 0 Å². The van der Waals surface area contributed by atoms with Crippen molar-refractivity contribution in [2.45, 2.75) is 40.2 Å². The van der Waals surface area contributed by atoms with Crippen molar-refractivity contribution in [2.75, 3.05) is 11.9 Å². The normalized spacial score (nSPS) is 13.1. The Morgan fingerprint density at radius 1 is 1.47 bits per heavy atom. The molecule has 0 aliphatic rings. The number of anilines is 1. The van der Waals surface area contributed by atoms with Gasteiger partial charge < -0.3 is 10.4 Å². The molecular formula is C14H22N2O3. The molecule has 1 unspecified atom stereocenters. The fraction of sp³-hybridized carbons (Fsp3) is 0.571. The lowest BCUT2D eigenvalue weighted by Gasteiger charge is -2.27. The van der Waals surface area contributed by atoms with Gasteiger partial charge in [-0.25, -0.2) is 0 Å². The van der Waals surface area contributed by atoms with Crippen LogP contribution in [0.5, 0.6) is 0 Å². The first-order valence-electron chi connectivity index (χ1n) is 6.38. The molecule has 0 bridgehead atoms. The van der Waals surface area contributed by atoms with Crippen molar-refractivity contribution >= 4 is 11.4 Å². The van der Waals surface area contributed by atoms with Crippen LogP contribution in [0.25, 0.3) is 0 Å². The molecule has 1 rings (SSSR count). The zero-order chi connectivity index (χ0) is 14.6. The van der Waals surface area contributed by atoms with E-state index in [1.54, 1.807) is 19.1 Å². The molecule has 5 heteroatoms. The number of nitrogens with one attached hydrogen (secondary N) is 1. The SMILES string of the molecule is Cc1cc([N+](=O)[O-])ccc1NCC(C)(C)CC(C)O. The van der Waals surface area contributed by atoms with Crippen LogP contribution in [-0.2, 0) is 0 Å². The van der Waals surface area contributed by atoms with Crippen molar-refractivity contribution in [3.63, 3.8) is 0 Å². The van der Waals surface area contributed by atoms with Crippen LogP contribution in [0.4, 0.5) is 11.4 Å². The highest BCUT2D eigenvalue weighted by atomic mass is 16.6. The molecule has 0 radical (unpaired) electrons. The number of hydrogen-bond donors (Lipinski definition) is 2. The second-order valence-electron chi connectivity index (χ2n) is 5.83. The van der Waals surface area contributed by atoms with Crippen LogP contribution in [-0.4, -0.2) is 22.7 Å². The largest absolute Gasteiger partial charge is 0.393 e. The third-order valence-corrected chi connectivity index (χ3v) is 3.03. The molecule has 19 heavy (non-hydrogen) atoms. The van der Waals surface area contributed by atoms with E-state index in [1.165, 1.54) is 6.07 Å². The van der Waals surface area contributed by atoms with E-state index in [1.807, 2.05) is 6.92 Å². The lowest BCUT2D eigenvalue weighted by molar-refractivity contribution is -0.384. The standard InChI is InChI=1S/C14H22N2O3/c1-10-7-12(16(18)19)5-6-13(10)15-9-14(3,4)8-11(2)17/h5-7,11,15,17H,8-9H2,1-4H3. The highest BCUT2D eigenvalue weighted by molar-refractivity contribution is 5.55. The molecular weight excluding hydrogens is 244 g/mol. The molecule has 0 amide bonds. The Labute approximate surface area is 113 Å². The highest BCUT2D eigenvalue weighted by Crippen LogP contribution is 2.26. The van der Waals surface area contributed by atoms with Crippen LogP contribution < -0.4 is 5.32 Å². The van der Waals surface area contributed by atoms with E-state index in [4.69, 9.17) is 0 Å². The van der Waals surface area contributed by atoms with Crippen LogP contribution in [0.3, 0.4) is 0 Å². The Morgan fingerprint density at radius 2 is 2.11 bits per heavy atom. The van der Waals surface area contributed by atoms with Gasteiger partial charge in [-0.3, -0.25) is 10.1 Å². The van der Waals surface area contributed by atoms with Gasteiger partial charge in [0.1, 0.15) is 0 Å². The summed E-state index contributed by atoms with van der Waals surface area (Å²) >= 11 is 0. The third-order valence-electron chi connectivity index (χ3n) is 3.03. The first-order valence-corrected chi connectivity index (χ1v) is 6.38. The van der Waals surface area contributed by atoms with E-state index in [-0.39, 0.29) is 17.2 Å². The van der Waals surface area contributed by atoms with Crippen molar-refractivity contribution < 1.29 is 10.0 Å². The van der Waals surface area contributed by atoms with Crippen molar-refractivity contribution in [1.29, 1.82) is 0 Å². The number of nitro groups is 1. The monoisotopic (exact) mass is 266 g/mol. The van der Waals surface area contributed by atoms with Crippen LogP contribution >= 0.6 is 0 Å². The molecule has 1 aromatic rings. The summed E-state index contributed by atoms with van der Waals surface area (Å²) in [5.74, 6) is 0. The second kappa shape index (κ2) is 6.02. The average Bonchev–Trinajstić information content (AvgIpc) is 2.25. The second-order valence-corrected chi connectivity index (χ2v) is 5.83. The van der Waals surface area contributed by atoms with Crippen molar-refractivity contribution in [3.8, 4) is 0 Å². The molecule has 2 N–H and O–H groups in total. The molecule has 0 spiro atoms. The maximum atomic E-state index is 10.7. The van der Waals surface area contributed by atoms with Gasteiger partial charge in [0, 0.05) is 24.4 Å². The molecule has 0 aliphatic heterocycles. The quantitative estimate of drug-likeness (QED) is 0.612. The Kier molecular flexibility index (Phi) is 4.89. The van der Waals surface area contributed by atoms with Gasteiger partial charge in [0.15, 0.2) is 0 Å². The van der Waals surface area contributed by atoms with E-state index in [0.717, 1.165) is 11.3 Å². The molecule has 5 nitrogen and oxygen atoms in total. The Balaban J connectivity index is 2.71. The number of hydrogen-bond acceptors (Lipinski definition) is 4. The first kappa shape index (κ1) is 15.4. The molecule has 106 valence electrons. The van der Waals surface area contributed by atoms with E-state index < -0.39 is 4.92 Å². The Morgan fingerprint density at radius 3 is 2.58 bits per heavy atom. The predicted octanol–water partition coefficient (Wildman–Crippen LogP) is 3.11. The minimum Gasteiger partial charge on any atom is -0.393 e. The highest BCUT2D eigenvalue weighted by Gasteiger charge is 2.20. The predicted molar refractivity (Wildman–Crippen MR) is 76.4 cm³/mol. The minimum atomic E-state index is -0.395. The Bertz CT molecular complexity index is 456. The minimum absolute atomic E-state index is 0.0393. The smallest absolute Gasteiger partial charge is 0.269 e. The molecule has 1 aromatic carbocycles. The molecule has 0 aromatic heterocycles. The van der Waals surface area contributed by atoms with Crippen LogP contribution in [0, 0.1) is 22.5 Å². The van der Waals surface area contributed by atoms with Crippen LogP contribution in [0.1, 0.15) is 32.8 Å². The van der Waals surface area contributed by atoms with E-state index in [2.05, 4.69) is 19.2 Å². The van der Waals surface area contributed by atoms with Crippen LogP contribution in [0.15, 0.2) is 18.2 Å². The number of nitrogens with zero attached hydrogens (tertiary/aromatic N) is 1.